The zero-order valence-electron chi connectivity index (χ0n) is 17.7. The first-order chi connectivity index (χ1) is 14.1. The number of carbonyl (C=O) groups excluding carboxylic acids is 1. The Bertz CT molecular complexity index is 821. The van der Waals surface area contributed by atoms with Crippen LogP contribution in [0.5, 0.6) is 11.5 Å². The second-order valence-corrected chi connectivity index (χ2v) is 7.14. The zero-order valence-corrected chi connectivity index (χ0v) is 17.7. The quantitative estimate of drug-likeness (QED) is 0.713. The molecule has 0 N–H and O–H groups in total. The average molecular weight is 399 g/mol. The Labute approximate surface area is 172 Å². The number of aromatic nitrogens is 2. The maximum atomic E-state index is 12.7. The summed E-state index contributed by atoms with van der Waals surface area (Å²) in [5.74, 6) is 2.42. The molecule has 1 fully saturated rings. The van der Waals surface area contributed by atoms with Crippen molar-refractivity contribution in [3.8, 4) is 22.8 Å². The second-order valence-electron chi connectivity index (χ2n) is 7.14. The summed E-state index contributed by atoms with van der Waals surface area (Å²) in [5.41, 5.74) is 1.68. The average Bonchev–Trinajstić information content (AvgIpc) is 2.79. The Morgan fingerprint density at radius 2 is 1.86 bits per heavy atom. The molecule has 0 radical (unpaired) electrons. The second kappa shape index (κ2) is 9.58. The van der Waals surface area contributed by atoms with Gasteiger partial charge in [-0.1, -0.05) is 0 Å². The lowest BCUT2D eigenvalue weighted by Gasteiger charge is -2.34. The Hall–Kier alpha value is -2.83. The highest BCUT2D eigenvalue weighted by atomic mass is 16.5. The van der Waals surface area contributed by atoms with Crippen LogP contribution >= 0.6 is 0 Å². The number of anilines is 1. The van der Waals surface area contributed by atoms with Crippen molar-refractivity contribution in [2.75, 3.05) is 45.3 Å². The molecule has 2 aromatic rings. The first-order valence-electron chi connectivity index (χ1n) is 10.2. The number of hydrogen-bond donors (Lipinski definition) is 0. The predicted octanol–water partition coefficient (Wildman–Crippen LogP) is 3.25. The monoisotopic (exact) mass is 398 g/mol. The van der Waals surface area contributed by atoms with E-state index in [9.17, 15) is 4.79 Å². The van der Waals surface area contributed by atoms with Crippen LogP contribution in [-0.2, 0) is 4.79 Å². The molecule has 0 aliphatic carbocycles. The van der Waals surface area contributed by atoms with Crippen molar-refractivity contribution >= 4 is 11.7 Å². The van der Waals surface area contributed by atoms with Gasteiger partial charge in [0.25, 0.3) is 0 Å². The molecule has 1 aliphatic heterocycles. The van der Waals surface area contributed by atoms with Gasteiger partial charge in [-0.3, -0.25) is 4.79 Å². The van der Waals surface area contributed by atoms with E-state index in [4.69, 9.17) is 9.47 Å². The minimum atomic E-state index is 0.0241. The molecule has 1 aromatic carbocycles. The predicted molar refractivity (Wildman–Crippen MR) is 113 cm³/mol. The van der Waals surface area contributed by atoms with E-state index in [0.717, 1.165) is 49.6 Å². The lowest BCUT2D eigenvalue weighted by Crippen LogP contribution is -2.45. The fraction of sp³-hybridized carbons (Fsp3) is 0.500. The van der Waals surface area contributed by atoms with Crippen molar-refractivity contribution < 1.29 is 14.3 Å². The molecule has 1 atom stereocenters. The number of benzene rings is 1. The van der Waals surface area contributed by atoms with Gasteiger partial charge in [0, 0.05) is 31.7 Å². The van der Waals surface area contributed by atoms with Crippen LogP contribution in [0.4, 0.5) is 5.82 Å². The summed E-state index contributed by atoms with van der Waals surface area (Å²) in [5, 5.41) is 8.84. The topological polar surface area (TPSA) is 67.8 Å². The van der Waals surface area contributed by atoms with E-state index in [2.05, 4.69) is 15.1 Å². The fourth-order valence-corrected chi connectivity index (χ4v) is 3.82. The summed E-state index contributed by atoms with van der Waals surface area (Å²) >= 11 is 0. The molecule has 1 amide bonds. The van der Waals surface area contributed by atoms with E-state index in [1.54, 1.807) is 14.2 Å². The molecule has 156 valence electrons. The highest BCUT2D eigenvalue weighted by Gasteiger charge is 2.29. The minimum Gasteiger partial charge on any atom is -0.493 e. The normalized spacial score (nSPS) is 16.4. The van der Waals surface area contributed by atoms with Crippen LogP contribution in [0.3, 0.4) is 0 Å². The van der Waals surface area contributed by atoms with Gasteiger partial charge in [0.15, 0.2) is 17.3 Å². The Balaban J connectivity index is 1.74. The van der Waals surface area contributed by atoms with E-state index in [-0.39, 0.29) is 11.8 Å². The number of methoxy groups -OCH3 is 2. The van der Waals surface area contributed by atoms with Crippen LogP contribution < -0.4 is 14.4 Å². The number of piperidine rings is 1. The number of amides is 1. The third-order valence-electron chi connectivity index (χ3n) is 5.50. The summed E-state index contributed by atoms with van der Waals surface area (Å²) in [6.07, 6.45) is 1.92. The van der Waals surface area contributed by atoms with Crippen LogP contribution in [0.25, 0.3) is 11.3 Å². The number of rotatable bonds is 7. The van der Waals surface area contributed by atoms with Crippen molar-refractivity contribution in [2.45, 2.75) is 26.7 Å². The van der Waals surface area contributed by atoms with Crippen LogP contribution in [0, 0.1) is 5.92 Å². The third-order valence-corrected chi connectivity index (χ3v) is 5.50. The lowest BCUT2D eigenvalue weighted by molar-refractivity contribution is -0.135. The summed E-state index contributed by atoms with van der Waals surface area (Å²) in [4.78, 5) is 16.8. The summed E-state index contributed by atoms with van der Waals surface area (Å²) in [6.45, 7) is 7.16. The molecule has 1 aliphatic rings. The molecular weight excluding hydrogens is 368 g/mol. The summed E-state index contributed by atoms with van der Waals surface area (Å²) in [6, 6.07) is 9.62. The van der Waals surface area contributed by atoms with Crippen molar-refractivity contribution in [1.29, 1.82) is 0 Å². The molecule has 0 saturated carbocycles. The molecule has 2 heterocycles. The number of carbonyl (C=O) groups is 1. The van der Waals surface area contributed by atoms with Gasteiger partial charge in [-0.25, -0.2) is 0 Å². The molecular formula is C22H30N4O3. The third kappa shape index (κ3) is 4.60. The molecule has 1 saturated heterocycles. The van der Waals surface area contributed by atoms with Crippen molar-refractivity contribution in [3.63, 3.8) is 0 Å². The SMILES string of the molecule is CCN(CC)C(=O)C1CCCN(c2ccc(-c3ccc(OC)c(OC)c3)nn2)C1. The van der Waals surface area contributed by atoms with E-state index < -0.39 is 0 Å². The largest absolute Gasteiger partial charge is 0.493 e. The van der Waals surface area contributed by atoms with Gasteiger partial charge in [-0.15, -0.1) is 10.2 Å². The highest BCUT2D eigenvalue weighted by Crippen LogP contribution is 2.32. The number of nitrogens with zero attached hydrogens (tertiary/aromatic N) is 4. The standard InChI is InChI=1S/C22H30N4O3/c1-5-25(6-2)22(27)17-8-7-13-26(15-17)21-12-10-18(23-24-21)16-9-11-19(28-3)20(14-16)29-4/h9-12,14,17H,5-8,13,15H2,1-4H3. The smallest absolute Gasteiger partial charge is 0.227 e. The van der Waals surface area contributed by atoms with E-state index in [1.165, 1.54) is 0 Å². The molecule has 3 rings (SSSR count). The Morgan fingerprint density at radius 3 is 2.48 bits per heavy atom. The lowest BCUT2D eigenvalue weighted by atomic mass is 9.96. The maximum Gasteiger partial charge on any atom is 0.227 e. The Kier molecular flexibility index (Phi) is 6.90. The van der Waals surface area contributed by atoms with Gasteiger partial charge in [-0.05, 0) is 57.0 Å². The van der Waals surface area contributed by atoms with Gasteiger partial charge in [0.1, 0.15) is 0 Å². The van der Waals surface area contributed by atoms with Gasteiger partial charge >= 0.3 is 0 Å². The first kappa shape index (κ1) is 20.9. The van der Waals surface area contributed by atoms with E-state index >= 15 is 0 Å². The number of ether oxygens (including phenoxy) is 2. The van der Waals surface area contributed by atoms with Gasteiger partial charge in [-0.2, -0.15) is 0 Å². The molecule has 1 aromatic heterocycles. The molecule has 29 heavy (non-hydrogen) atoms. The maximum absolute atomic E-state index is 12.7. The molecule has 7 heteroatoms. The summed E-state index contributed by atoms with van der Waals surface area (Å²) < 4.78 is 10.7. The first-order valence-corrected chi connectivity index (χ1v) is 10.2. The molecule has 1 unspecified atom stereocenters. The van der Waals surface area contributed by atoms with Gasteiger partial charge in [0.05, 0.1) is 25.8 Å². The fourth-order valence-electron chi connectivity index (χ4n) is 3.82. The highest BCUT2D eigenvalue weighted by molar-refractivity contribution is 5.79. The van der Waals surface area contributed by atoms with Gasteiger partial charge in [0.2, 0.25) is 5.91 Å². The van der Waals surface area contributed by atoms with Crippen molar-refractivity contribution in [2.24, 2.45) is 5.92 Å². The Morgan fingerprint density at radius 1 is 1.10 bits per heavy atom. The van der Waals surface area contributed by atoms with Crippen LogP contribution in [0.1, 0.15) is 26.7 Å². The van der Waals surface area contributed by atoms with E-state index in [0.29, 0.717) is 18.0 Å². The number of hydrogen-bond acceptors (Lipinski definition) is 6. The molecule has 0 bridgehead atoms. The van der Waals surface area contributed by atoms with Gasteiger partial charge < -0.3 is 19.3 Å². The van der Waals surface area contributed by atoms with Crippen molar-refractivity contribution in [1.82, 2.24) is 15.1 Å². The van der Waals surface area contributed by atoms with E-state index in [1.807, 2.05) is 49.1 Å². The van der Waals surface area contributed by atoms with Crippen LogP contribution in [0.15, 0.2) is 30.3 Å². The molecule has 0 spiro atoms. The van der Waals surface area contributed by atoms with Crippen molar-refractivity contribution in [3.05, 3.63) is 30.3 Å². The van der Waals surface area contributed by atoms with Crippen LogP contribution in [0.2, 0.25) is 0 Å². The minimum absolute atomic E-state index is 0.0241. The summed E-state index contributed by atoms with van der Waals surface area (Å²) in [7, 11) is 3.23. The van der Waals surface area contributed by atoms with Crippen LogP contribution in [-0.4, -0.2) is 61.4 Å². The zero-order chi connectivity index (χ0) is 20.8. The molecule has 7 nitrogen and oxygen atoms in total.